The van der Waals surface area contributed by atoms with Crippen LogP contribution in [0, 0.1) is 0 Å². The number of carbonyl (C=O) groups excluding carboxylic acids is 2. The molecule has 10 nitrogen and oxygen atoms in total. The number of aromatic nitrogens is 3. The van der Waals surface area contributed by atoms with E-state index in [4.69, 9.17) is 17.2 Å². The quantitative estimate of drug-likeness (QED) is 0.163. The van der Waals surface area contributed by atoms with Crippen molar-refractivity contribution in [1.82, 2.24) is 14.6 Å². The molecule has 2 aromatic heterocycles. The van der Waals surface area contributed by atoms with Crippen molar-refractivity contribution in [3.8, 4) is 11.3 Å². The SMILES string of the molecule is Nc1ccc(NC(=O)c2cnc(-c3ccc(N)cc3)c3ccccc23)cc1.Nc1ccc(NC(=O)c2csnn2)cc1. The summed E-state index contributed by atoms with van der Waals surface area (Å²) >= 11 is 1.14. The second-order valence-electron chi connectivity index (χ2n) is 9.13. The highest BCUT2D eigenvalue weighted by Gasteiger charge is 2.15. The molecule has 0 spiro atoms. The fourth-order valence-electron chi connectivity index (χ4n) is 4.03. The van der Waals surface area contributed by atoms with Crippen molar-refractivity contribution in [3.05, 3.63) is 120 Å². The molecule has 2 amide bonds. The highest BCUT2D eigenvalue weighted by atomic mass is 32.1. The number of nitrogens with one attached hydrogen (secondary N) is 2. The summed E-state index contributed by atoms with van der Waals surface area (Å²) in [4.78, 5) is 28.9. The molecule has 0 atom stereocenters. The molecule has 4 aromatic carbocycles. The number of benzene rings is 4. The van der Waals surface area contributed by atoms with Crippen molar-refractivity contribution in [1.29, 1.82) is 0 Å². The van der Waals surface area contributed by atoms with E-state index >= 15 is 0 Å². The van der Waals surface area contributed by atoms with Crippen molar-refractivity contribution >= 4 is 62.6 Å². The summed E-state index contributed by atoms with van der Waals surface area (Å²) in [6.45, 7) is 0. The maximum Gasteiger partial charge on any atom is 0.277 e. The Hall–Kier alpha value is -5.81. The molecule has 0 saturated heterocycles. The lowest BCUT2D eigenvalue weighted by atomic mass is 10.0. The van der Waals surface area contributed by atoms with E-state index < -0.39 is 0 Å². The van der Waals surface area contributed by atoms with Crippen LogP contribution in [0.4, 0.5) is 28.4 Å². The van der Waals surface area contributed by atoms with Gasteiger partial charge in [-0.3, -0.25) is 14.6 Å². The predicted molar refractivity (Wildman–Crippen MR) is 169 cm³/mol. The van der Waals surface area contributed by atoms with E-state index in [0.717, 1.165) is 33.6 Å². The monoisotopic (exact) mass is 574 g/mol. The standard InChI is InChI=1S/C22H18N4O.C9H8N4OS/c23-15-7-5-14(6-8-15)21-19-4-2-1-3-18(19)20(13-25-21)22(27)26-17-11-9-16(24)10-12-17;10-6-1-3-7(4-2-6)11-9(14)8-5-15-13-12-8/h1-13H,23-24H2,(H,26,27);1-5H,10H2,(H,11,14). The van der Waals surface area contributed by atoms with Gasteiger partial charge in [0.05, 0.1) is 11.3 Å². The Kier molecular flexibility index (Phi) is 8.31. The number of fused-ring (bicyclic) bond motifs is 1. The lowest BCUT2D eigenvalue weighted by Crippen LogP contribution is -2.13. The number of nitrogens with two attached hydrogens (primary N) is 3. The number of hydrogen-bond donors (Lipinski definition) is 5. The summed E-state index contributed by atoms with van der Waals surface area (Å²) in [7, 11) is 0. The van der Waals surface area contributed by atoms with Gasteiger partial charge in [-0.25, -0.2) is 0 Å². The number of nitrogens with zero attached hydrogens (tertiary/aromatic N) is 3. The average molecular weight is 575 g/mol. The second-order valence-corrected chi connectivity index (χ2v) is 9.74. The van der Waals surface area contributed by atoms with Crippen LogP contribution in [0.15, 0.2) is 109 Å². The Morgan fingerprint density at radius 1 is 0.643 bits per heavy atom. The van der Waals surface area contributed by atoms with E-state index in [9.17, 15) is 9.59 Å². The third-order valence-electron chi connectivity index (χ3n) is 6.15. The second kappa shape index (κ2) is 12.6. The molecule has 6 rings (SSSR count). The van der Waals surface area contributed by atoms with Crippen molar-refractivity contribution in [2.24, 2.45) is 0 Å². The maximum atomic E-state index is 12.8. The molecule has 0 radical (unpaired) electrons. The van der Waals surface area contributed by atoms with Crippen LogP contribution < -0.4 is 27.8 Å². The van der Waals surface area contributed by atoms with Gasteiger partial charge in [-0.05, 0) is 77.6 Å². The van der Waals surface area contributed by atoms with Gasteiger partial charge in [0.25, 0.3) is 11.8 Å². The lowest BCUT2D eigenvalue weighted by Gasteiger charge is -2.11. The van der Waals surface area contributed by atoms with Crippen molar-refractivity contribution in [2.75, 3.05) is 27.8 Å². The van der Waals surface area contributed by atoms with Gasteiger partial charge in [0.15, 0.2) is 5.69 Å². The average Bonchev–Trinajstić information content (AvgIpc) is 3.55. The van der Waals surface area contributed by atoms with Gasteiger partial charge in [-0.15, -0.1) is 5.10 Å². The number of rotatable bonds is 5. The minimum absolute atomic E-state index is 0.215. The summed E-state index contributed by atoms with van der Waals surface area (Å²) in [5.74, 6) is -0.485. The highest BCUT2D eigenvalue weighted by molar-refractivity contribution is 7.03. The van der Waals surface area contributed by atoms with E-state index in [1.807, 2.05) is 48.5 Å². The topological polar surface area (TPSA) is 175 Å². The van der Waals surface area contributed by atoms with Crippen LogP contribution in [0.1, 0.15) is 20.8 Å². The zero-order valence-corrected chi connectivity index (χ0v) is 23.0. The first-order chi connectivity index (χ1) is 20.4. The molecule has 0 aliphatic rings. The summed E-state index contributed by atoms with van der Waals surface area (Å²) in [6.07, 6.45) is 1.61. The number of carbonyl (C=O) groups is 2. The molecule has 6 aromatic rings. The van der Waals surface area contributed by atoms with Crippen molar-refractivity contribution < 1.29 is 9.59 Å². The Labute approximate surface area is 245 Å². The van der Waals surface area contributed by atoms with E-state index in [0.29, 0.717) is 39.7 Å². The van der Waals surface area contributed by atoms with Crippen LogP contribution in [0.25, 0.3) is 22.0 Å². The third-order valence-corrected chi connectivity index (χ3v) is 6.66. The van der Waals surface area contributed by atoms with Crippen LogP contribution >= 0.6 is 11.5 Å². The number of anilines is 5. The van der Waals surface area contributed by atoms with Gasteiger partial charge in [-0.1, -0.05) is 40.9 Å². The Balaban J connectivity index is 0.000000199. The predicted octanol–water partition coefficient (Wildman–Crippen LogP) is 5.69. The van der Waals surface area contributed by atoms with Gasteiger partial charge in [-0.2, -0.15) is 0 Å². The smallest absolute Gasteiger partial charge is 0.277 e. The molecule has 0 unspecified atom stereocenters. The molecule has 42 heavy (non-hydrogen) atoms. The zero-order chi connectivity index (χ0) is 29.5. The minimum Gasteiger partial charge on any atom is -0.399 e. The van der Waals surface area contributed by atoms with E-state index in [2.05, 4.69) is 25.2 Å². The lowest BCUT2D eigenvalue weighted by molar-refractivity contribution is 0.101. The molecule has 11 heteroatoms. The van der Waals surface area contributed by atoms with Crippen LogP contribution in [-0.4, -0.2) is 26.4 Å². The maximum absolute atomic E-state index is 12.8. The van der Waals surface area contributed by atoms with E-state index in [1.54, 1.807) is 60.1 Å². The number of hydrogen-bond acceptors (Lipinski definition) is 9. The molecular formula is C31H26N8O2S. The fourth-order valence-corrected chi connectivity index (χ4v) is 4.47. The minimum atomic E-state index is -0.270. The Morgan fingerprint density at radius 2 is 1.17 bits per heavy atom. The summed E-state index contributed by atoms with van der Waals surface area (Å²) in [5.41, 5.74) is 23.0. The number of amides is 2. The first-order valence-electron chi connectivity index (χ1n) is 12.7. The largest absolute Gasteiger partial charge is 0.399 e. The van der Waals surface area contributed by atoms with Crippen LogP contribution in [0.3, 0.4) is 0 Å². The molecule has 0 aliphatic carbocycles. The van der Waals surface area contributed by atoms with Gasteiger partial charge >= 0.3 is 0 Å². The van der Waals surface area contributed by atoms with Crippen molar-refractivity contribution in [2.45, 2.75) is 0 Å². The molecule has 2 heterocycles. The summed E-state index contributed by atoms with van der Waals surface area (Å²) in [6, 6.07) is 29.2. The van der Waals surface area contributed by atoms with E-state index in [-0.39, 0.29) is 11.8 Å². The molecule has 0 bridgehead atoms. The number of pyridine rings is 1. The highest BCUT2D eigenvalue weighted by Crippen LogP contribution is 2.29. The molecule has 8 N–H and O–H groups in total. The van der Waals surface area contributed by atoms with Gasteiger partial charge in [0, 0.05) is 51.0 Å². The van der Waals surface area contributed by atoms with Gasteiger partial charge in [0.2, 0.25) is 0 Å². The zero-order valence-electron chi connectivity index (χ0n) is 22.2. The summed E-state index contributed by atoms with van der Waals surface area (Å²) < 4.78 is 3.61. The Morgan fingerprint density at radius 3 is 1.71 bits per heavy atom. The van der Waals surface area contributed by atoms with Gasteiger partial charge in [0.1, 0.15) is 0 Å². The van der Waals surface area contributed by atoms with Crippen LogP contribution in [-0.2, 0) is 0 Å². The van der Waals surface area contributed by atoms with Crippen LogP contribution in [0.5, 0.6) is 0 Å². The fraction of sp³-hybridized carbons (Fsp3) is 0. The summed E-state index contributed by atoms with van der Waals surface area (Å²) in [5, 5.41) is 12.6. The normalized spacial score (nSPS) is 10.4. The van der Waals surface area contributed by atoms with Crippen molar-refractivity contribution in [3.63, 3.8) is 0 Å². The number of nitrogen functional groups attached to an aromatic ring is 3. The van der Waals surface area contributed by atoms with Crippen LogP contribution in [0.2, 0.25) is 0 Å². The third kappa shape index (κ3) is 6.66. The van der Waals surface area contributed by atoms with E-state index in [1.165, 1.54) is 0 Å². The molecule has 0 fully saturated rings. The molecule has 0 saturated carbocycles. The Bertz CT molecular complexity index is 1820. The molecular weight excluding hydrogens is 548 g/mol. The van der Waals surface area contributed by atoms with Gasteiger partial charge < -0.3 is 27.8 Å². The first-order valence-corrected chi connectivity index (χ1v) is 13.6. The molecule has 0 aliphatic heterocycles. The first kappa shape index (κ1) is 27.7. The molecule has 208 valence electrons.